The molecular weight excluding hydrogens is 260 g/mol. The van der Waals surface area contributed by atoms with Crippen LogP contribution in [0.15, 0.2) is 0 Å². The molecule has 1 aliphatic heterocycles. The maximum absolute atomic E-state index is 11.7. The highest BCUT2D eigenvalue weighted by atomic mass is 32.2. The average Bonchev–Trinajstić information content (AvgIpc) is 2.80. The van der Waals surface area contributed by atoms with Crippen LogP contribution in [0.2, 0.25) is 0 Å². The Bertz CT molecular complexity index is 375. The molecule has 0 bridgehead atoms. The first-order chi connectivity index (χ1) is 8.97. The molecule has 2 fully saturated rings. The lowest BCUT2D eigenvalue weighted by atomic mass is 9.94. The van der Waals surface area contributed by atoms with Crippen molar-refractivity contribution in [2.45, 2.75) is 49.8 Å². The molecule has 0 amide bonds. The quantitative estimate of drug-likeness (QED) is 0.828. The van der Waals surface area contributed by atoms with Crippen LogP contribution in [0, 0.1) is 5.92 Å². The summed E-state index contributed by atoms with van der Waals surface area (Å²) in [5, 5.41) is 3.36. The summed E-state index contributed by atoms with van der Waals surface area (Å²) in [6.45, 7) is 3.39. The molecule has 19 heavy (non-hydrogen) atoms. The molecule has 0 aromatic rings. The van der Waals surface area contributed by atoms with Gasteiger partial charge in [-0.1, -0.05) is 6.42 Å². The minimum Gasteiger partial charge on any atom is -0.313 e. The maximum Gasteiger partial charge on any atom is 0.151 e. The summed E-state index contributed by atoms with van der Waals surface area (Å²) >= 11 is 0. The van der Waals surface area contributed by atoms with Gasteiger partial charge in [0.1, 0.15) is 0 Å². The van der Waals surface area contributed by atoms with Crippen molar-refractivity contribution in [1.82, 2.24) is 10.2 Å². The van der Waals surface area contributed by atoms with E-state index in [2.05, 4.69) is 17.3 Å². The van der Waals surface area contributed by atoms with Gasteiger partial charge in [-0.05, 0) is 64.7 Å². The van der Waals surface area contributed by atoms with E-state index >= 15 is 0 Å². The first kappa shape index (κ1) is 15.3. The second kappa shape index (κ2) is 6.55. The van der Waals surface area contributed by atoms with Crippen molar-refractivity contribution in [2.75, 3.05) is 32.9 Å². The van der Waals surface area contributed by atoms with Crippen molar-refractivity contribution < 1.29 is 8.42 Å². The predicted octanol–water partition coefficient (Wildman–Crippen LogP) is 1.27. The molecule has 0 aromatic heterocycles. The highest BCUT2D eigenvalue weighted by Gasteiger charge is 2.34. The first-order valence-electron chi connectivity index (χ1n) is 7.57. The molecule has 2 aliphatic rings. The number of hydrogen-bond donors (Lipinski definition) is 1. The fourth-order valence-electron chi connectivity index (χ4n) is 3.50. The van der Waals surface area contributed by atoms with Gasteiger partial charge in [-0.2, -0.15) is 0 Å². The minimum atomic E-state index is -2.88. The Kier molecular flexibility index (Phi) is 5.26. The van der Waals surface area contributed by atoms with Crippen LogP contribution in [-0.4, -0.2) is 57.5 Å². The molecule has 1 heterocycles. The molecule has 1 N–H and O–H groups in total. The molecule has 1 saturated carbocycles. The van der Waals surface area contributed by atoms with Crippen LogP contribution in [0.5, 0.6) is 0 Å². The third-order valence-corrected chi connectivity index (χ3v) is 6.46. The Morgan fingerprint density at radius 2 is 1.84 bits per heavy atom. The van der Waals surface area contributed by atoms with Crippen LogP contribution < -0.4 is 5.32 Å². The van der Waals surface area contributed by atoms with Crippen molar-refractivity contribution in [3.8, 4) is 0 Å². The van der Waals surface area contributed by atoms with Gasteiger partial charge in [0.25, 0.3) is 0 Å². The fraction of sp³-hybridized carbons (Fsp3) is 1.00. The molecule has 1 aliphatic carbocycles. The zero-order valence-corrected chi connectivity index (χ0v) is 13.1. The molecule has 2 atom stereocenters. The summed E-state index contributed by atoms with van der Waals surface area (Å²) in [5.41, 5.74) is 0. The highest BCUT2D eigenvalue weighted by Crippen LogP contribution is 2.25. The second-order valence-corrected chi connectivity index (χ2v) is 8.66. The number of rotatable bonds is 5. The molecule has 0 radical (unpaired) electrons. The molecule has 0 spiro atoms. The summed E-state index contributed by atoms with van der Waals surface area (Å²) in [7, 11) is -0.699. The Morgan fingerprint density at radius 1 is 1.16 bits per heavy atom. The van der Waals surface area contributed by atoms with Crippen LogP contribution in [0.3, 0.4) is 0 Å². The largest absolute Gasteiger partial charge is 0.313 e. The van der Waals surface area contributed by atoms with E-state index in [-0.39, 0.29) is 11.3 Å². The normalized spacial score (nSPS) is 30.8. The van der Waals surface area contributed by atoms with Crippen molar-refractivity contribution in [2.24, 2.45) is 5.92 Å². The van der Waals surface area contributed by atoms with Crippen molar-refractivity contribution in [1.29, 1.82) is 0 Å². The molecule has 5 heteroatoms. The topological polar surface area (TPSA) is 49.4 Å². The summed E-state index contributed by atoms with van der Waals surface area (Å²) in [5.74, 6) is 0.821. The predicted molar refractivity (Wildman–Crippen MR) is 79.1 cm³/mol. The Morgan fingerprint density at radius 3 is 2.47 bits per heavy atom. The van der Waals surface area contributed by atoms with Gasteiger partial charge in [0, 0.05) is 12.3 Å². The van der Waals surface area contributed by atoms with Crippen LogP contribution in [0.25, 0.3) is 0 Å². The molecule has 2 rings (SSSR count). The van der Waals surface area contributed by atoms with Crippen molar-refractivity contribution >= 4 is 9.84 Å². The van der Waals surface area contributed by atoms with Crippen LogP contribution >= 0.6 is 0 Å². The smallest absolute Gasteiger partial charge is 0.151 e. The van der Waals surface area contributed by atoms with E-state index in [1.54, 1.807) is 0 Å². The van der Waals surface area contributed by atoms with Crippen LogP contribution in [-0.2, 0) is 9.84 Å². The van der Waals surface area contributed by atoms with E-state index < -0.39 is 9.84 Å². The minimum absolute atomic E-state index is 0.148. The lowest BCUT2D eigenvalue weighted by molar-refractivity contribution is 0.210. The van der Waals surface area contributed by atoms with Gasteiger partial charge in [0.2, 0.25) is 0 Å². The summed E-state index contributed by atoms with van der Waals surface area (Å²) in [4.78, 5) is 2.39. The first-order valence-corrected chi connectivity index (χ1v) is 9.53. The third kappa shape index (κ3) is 4.43. The third-order valence-electron chi connectivity index (χ3n) is 4.80. The van der Waals surface area contributed by atoms with Gasteiger partial charge in [0.05, 0.1) is 5.25 Å². The number of hydrogen-bond acceptors (Lipinski definition) is 4. The van der Waals surface area contributed by atoms with Gasteiger partial charge in [-0.15, -0.1) is 0 Å². The van der Waals surface area contributed by atoms with Crippen LogP contribution in [0.4, 0.5) is 0 Å². The Labute approximate surface area is 117 Å². The van der Waals surface area contributed by atoms with E-state index in [0.29, 0.717) is 0 Å². The van der Waals surface area contributed by atoms with Gasteiger partial charge >= 0.3 is 0 Å². The van der Waals surface area contributed by atoms with E-state index in [1.807, 2.05) is 0 Å². The number of nitrogens with zero attached hydrogens (tertiary/aromatic N) is 1. The molecule has 2 unspecified atom stereocenters. The lowest BCUT2D eigenvalue weighted by Gasteiger charge is -2.29. The summed E-state index contributed by atoms with van der Waals surface area (Å²) in [6, 6.07) is 0.196. The second-order valence-electron chi connectivity index (χ2n) is 6.39. The van der Waals surface area contributed by atoms with Gasteiger partial charge < -0.3 is 10.2 Å². The average molecular weight is 288 g/mol. The molecule has 4 nitrogen and oxygen atoms in total. The van der Waals surface area contributed by atoms with Crippen LogP contribution in [0.1, 0.15) is 38.5 Å². The number of likely N-dealkylation sites (tertiary alicyclic amines) is 1. The Hall–Kier alpha value is -0.130. The standard InChI is InChI=1S/C14H28N2O2S/c1-16-10-7-12(8-11-16)6-9-15-13-4-3-5-14(13)19(2,17)18/h12-15H,3-11H2,1-2H3. The van der Waals surface area contributed by atoms with E-state index in [0.717, 1.165) is 31.7 Å². The fourth-order valence-corrected chi connectivity index (χ4v) is 4.92. The zero-order valence-electron chi connectivity index (χ0n) is 12.3. The summed E-state index contributed by atoms with van der Waals surface area (Å²) in [6.07, 6.45) is 8.06. The molecule has 1 saturated heterocycles. The maximum atomic E-state index is 11.7. The molecule has 0 aromatic carbocycles. The molecule has 112 valence electrons. The summed E-state index contributed by atoms with van der Waals surface area (Å²) < 4.78 is 23.4. The van der Waals surface area contributed by atoms with Crippen molar-refractivity contribution in [3.63, 3.8) is 0 Å². The monoisotopic (exact) mass is 288 g/mol. The highest BCUT2D eigenvalue weighted by molar-refractivity contribution is 7.91. The van der Waals surface area contributed by atoms with E-state index in [1.165, 1.54) is 38.6 Å². The van der Waals surface area contributed by atoms with Gasteiger partial charge in [0.15, 0.2) is 9.84 Å². The Balaban J connectivity index is 1.71. The number of nitrogens with one attached hydrogen (secondary N) is 1. The lowest BCUT2D eigenvalue weighted by Crippen LogP contribution is -2.41. The number of piperidine rings is 1. The van der Waals surface area contributed by atoms with E-state index in [4.69, 9.17) is 0 Å². The van der Waals surface area contributed by atoms with Gasteiger partial charge in [-0.3, -0.25) is 0 Å². The van der Waals surface area contributed by atoms with Gasteiger partial charge in [-0.25, -0.2) is 8.42 Å². The molecular formula is C14H28N2O2S. The zero-order chi connectivity index (χ0) is 13.9. The van der Waals surface area contributed by atoms with Crippen molar-refractivity contribution in [3.05, 3.63) is 0 Å². The van der Waals surface area contributed by atoms with E-state index in [9.17, 15) is 8.42 Å². The SMILES string of the molecule is CN1CCC(CCNC2CCCC2S(C)(=O)=O)CC1. The number of sulfone groups is 1.